The van der Waals surface area contributed by atoms with Gasteiger partial charge >= 0.3 is 6.03 Å². The SMILES string of the molecule is CN(Cc1ncccn1)[C@@H]1CCN(C(=O)Nc2ccncc2F)C1. The summed E-state index contributed by atoms with van der Waals surface area (Å²) in [6.45, 7) is 1.84. The molecule has 3 rings (SSSR count). The van der Waals surface area contributed by atoms with Crippen LogP contribution in [0.15, 0.2) is 36.9 Å². The van der Waals surface area contributed by atoms with Gasteiger partial charge in [-0.3, -0.25) is 9.88 Å². The van der Waals surface area contributed by atoms with Gasteiger partial charge in [0.15, 0.2) is 5.82 Å². The number of halogens is 1. The van der Waals surface area contributed by atoms with Gasteiger partial charge in [0.1, 0.15) is 5.82 Å². The van der Waals surface area contributed by atoms with Crippen LogP contribution in [0.25, 0.3) is 0 Å². The van der Waals surface area contributed by atoms with E-state index in [0.717, 1.165) is 18.4 Å². The Balaban J connectivity index is 1.55. The Labute approximate surface area is 139 Å². The molecule has 0 bridgehead atoms. The number of nitrogens with one attached hydrogen (secondary N) is 1. The molecule has 1 fully saturated rings. The van der Waals surface area contributed by atoms with Crippen LogP contribution in [0, 0.1) is 5.82 Å². The predicted octanol–water partition coefficient (Wildman–Crippen LogP) is 1.75. The van der Waals surface area contributed by atoms with Gasteiger partial charge < -0.3 is 10.2 Å². The molecular weight excluding hydrogens is 311 g/mol. The molecule has 2 aromatic heterocycles. The van der Waals surface area contributed by atoms with Crippen molar-refractivity contribution in [3.05, 3.63) is 48.6 Å². The van der Waals surface area contributed by atoms with Crippen LogP contribution in [0.2, 0.25) is 0 Å². The van der Waals surface area contributed by atoms with Crippen molar-refractivity contribution >= 4 is 11.7 Å². The molecule has 1 aliphatic rings. The maximum absolute atomic E-state index is 13.6. The highest BCUT2D eigenvalue weighted by Crippen LogP contribution is 2.18. The van der Waals surface area contributed by atoms with Crippen molar-refractivity contribution in [1.82, 2.24) is 24.8 Å². The first-order chi connectivity index (χ1) is 11.6. The number of amides is 2. The fourth-order valence-electron chi connectivity index (χ4n) is 2.72. The Morgan fingerprint density at radius 3 is 2.96 bits per heavy atom. The topological polar surface area (TPSA) is 74.2 Å². The fourth-order valence-corrected chi connectivity index (χ4v) is 2.72. The Morgan fingerprint density at radius 2 is 2.21 bits per heavy atom. The van der Waals surface area contributed by atoms with E-state index < -0.39 is 5.82 Å². The molecule has 1 atom stereocenters. The number of carbonyl (C=O) groups excluding carboxylic acids is 1. The molecule has 2 amide bonds. The van der Waals surface area contributed by atoms with Crippen molar-refractivity contribution < 1.29 is 9.18 Å². The molecule has 0 saturated carbocycles. The number of rotatable bonds is 4. The van der Waals surface area contributed by atoms with Gasteiger partial charge in [-0.2, -0.15) is 0 Å². The van der Waals surface area contributed by atoms with E-state index in [9.17, 15) is 9.18 Å². The van der Waals surface area contributed by atoms with E-state index in [1.165, 1.54) is 12.3 Å². The smallest absolute Gasteiger partial charge is 0.321 e. The number of aromatic nitrogens is 3. The first kappa shape index (κ1) is 16.3. The number of urea groups is 1. The van der Waals surface area contributed by atoms with Crippen LogP contribution < -0.4 is 5.32 Å². The van der Waals surface area contributed by atoms with Crippen LogP contribution >= 0.6 is 0 Å². The van der Waals surface area contributed by atoms with Crippen LogP contribution in [0.1, 0.15) is 12.2 Å². The zero-order valence-electron chi connectivity index (χ0n) is 13.4. The second-order valence-electron chi connectivity index (χ2n) is 5.75. The van der Waals surface area contributed by atoms with Crippen molar-refractivity contribution in [1.29, 1.82) is 0 Å². The molecule has 1 saturated heterocycles. The fraction of sp³-hybridized carbons (Fsp3) is 0.375. The van der Waals surface area contributed by atoms with Crippen molar-refractivity contribution in [3.63, 3.8) is 0 Å². The summed E-state index contributed by atoms with van der Waals surface area (Å²) in [6.07, 6.45) is 6.81. The molecule has 0 aromatic carbocycles. The van der Waals surface area contributed by atoms with Crippen LogP contribution in [-0.4, -0.2) is 57.0 Å². The molecule has 0 radical (unpaired) electrons. The minimum absolute atomic E-state index is 0.143. The van der Waals surface area contributed by atoms with E-state index >= 15 is 0 Å². The lowest BCUT2D eigenvalue weighted by molar-refractivity contribution is 0.206. The Morgan fingerprint density at radius 1 is 1.42 bits per heavy atom. The largest absolute Gasteiger partial charge is 0.323 e. The van der Waals surface area contributed by atoms with Gasteiger partial charge in [0.2, 0.25) is 0 Å². The highest BCUT2D eigenvalue weighted by Gasteiger charge is 2.29. The predicted molar refractivity (Wildman–Crippen MR) is 86.7 cm³/mol. The first-order valence-electron chi connectivity index (χ1n) is 7.75. The highest BCUT2D eigenvalue weighted by molar-refractivity contribution is 5.89. The molecule has 0 aliphatic carbocycles. The Kier molecular flexibility index (Phi) is 4.95. The third-order valence-corrected chi connectivity index (χ3v) is 4.10. The summed E-state index contributed by atoms with van der Waals surface area (Å²) in [4.78, 5) is 28.2. The molecule has 1 N–H and O–H groups in total. The van der Waals surface area contributed by atoms with E-state index in [2.05, 4.69) is 25.2 Å². The normalized spacial score (nSPS) is 17.3. The van der Waals surface area contributed by atoms with Crippen LogP contribution in [0.4, 0.5) is 14.9 Å². The van der Waals surface area contributed by atoms with Gasteiger partial charge in [0.25, 0.3) is 0 Å². The van der Waals surface area contributed by atoms with Crippen molar-refractivity contribution in [2.24, 2.45) is 0 Å². The molecule has 1 aliphatic heterocycles. The summed E-state index contributed by atoms with van der Waals surface area (Å²) in [5, 5.41) is 2.59. The van der Waals surface area contributed by atoms with Crippen LogP contribution in [0.3, 0.4) is 0 Å². The van der Waals surface area contributed by atoms with Gasteiger partial charge in [-0.15, -0.1) is 0 Å². The van der Waals surface area contributed by atoms with Crippen molar-refractivity contribution in [2.45, 2.75) is 19.0 Å². The van der Waals surface area contributed by atoms with Crippen molar-refractivity contribution in [2.75, 3.05) is 25.5 Å². The van der Waals surface area contributed by atoms with Gasteiger partial charge in [0.05, 0.1) is 18.4 Å². The van der Waals surface area contributed by atoms with Gasteiger partial charge in [0, 0.05) is 37.7 Å². The second kappa shape index (κ2) is 7.31. The standard InChI is InChI=1S/C16H19FN6O/c1-22(11-15-19-5-2-6-20-15)12-4-8-23(10-12)16(24)21-14-3-7-18-9-13(14)17/h2-3,5-7,9,12H,4,8,10-11H2,1H3,(H,18,21,24)/t12-/m1/s1. The quantitative estimate of drug-likeness (QED) is 0.924. The zero-order valence-corrected chi connectivity index (χ0v) is 13.4. The number of likely N-dealkylation sites (N-methyl/N-ethyl adjacent to an activating group) is 1. The second-order valence-corrected chi connectivity index (χ2v) is 5.75. The highest BCUT2D eigenvalue weighted by atomic mass is 19.1. The van der Waals surface area contributed by atoms with Gasteiger partial charge in [-0.05, 0) is 25.6 Å². The first-order valence-corrected chi connectivity index (χ1v) is 7.75. The lowest BCUT2D eigenvalue weighted by Crippen LogP contribution is -2.38. The molecular formula is C16H19FN6O. The number of hydrogen-bond donors (Lipinski definition) is 1. The lowest BCUT2D eigenvalue weighted by Gasteiger charge is -2.24. The third kappa shape index (κ3) is 3.83. The minimum Gasteiger partial charge on any atom is -0.323 e. The number of anilines is 1. The van der Waals surface area contributed by atoms with E-state index in [1.807, 2.05) is 7.05 Å². The maximum Gasteiger partial charge on any atom is 0.321 e. The number of likely N-dealkylation sites (tertiary alicyclic amines) is 1. The number of carbonyl (C=O) groups is 1. The summed E-state index contributed by atoms with van der Waals surface area (Å²) in [6, 6.07) is 3.15. The van der Waals surface area contributed by atoms with E-state index in [4.69, 9.17) is 0 Å². The van der Waals surface area contributed by atoms with Crippen LogP contribution in [0.5, 0.6) is 0 Å². The third-order valence-electron chi connectivity index (χ3n) is 4.10. The summed E-state index contributed by atoms with van der Waals surface area (Å²) in [5.74, 6) is 0.210. The summed E-state index contributed by atoms with van der Waals surface area (Å²) in [7, 11) is 1.99. The lowest BCUT2D eigenvalue weighted by atomic mass is 10.2. The van der Waals surface area contributed by atoms with Crippen molar-refractivity contribution in [3.8, 4) is 0 Å². The molecule has 24 heavy (non-hydrogen) atoms. The summed E-state index contributed by atoms with van der Waals surface area (Å²) < 4.78 is 13.6. The molecule has 8 heteroatoms. The molecule has 7 nitrogen and oxygen atoms in total. The average molecular weight is 330 g/mol. The molecule has 3 heterocycles. The van der Waals surface area contributed by atoms with Gasteiger partial charge in [-0.25, -0.2) is 19.2 Å². The molecule has 126 valence electrons. The van der Waals surface area contributed by atoms with E-state index in [-0.39, 0.29) is 17.8 Å². The van der Waals surface area contributed by atoms with Crippen LogP contribution in [-0.2, 0) is 6.54 Å². The number of pyridine rings is 1. The van der Waals surface area contributed by atoms with E-state index in [0.29, 0.717) is 19.6 Å². The minimum atomic E-state index is -0.542. The average Bonchev–Trinajstić information content (AvgIpc) is 3.08. The monoisotopic (exact) mass is 330 g/mol. The summed E-state index contributed by atoms with van der Waals surface area (Å²) in [5.41, 5.74) is 0.143. The maximum atomic E-state index is 13.6. The molecule has 0 spiro atoms. The molecule has 0 unspecified atom stereocenters. The van der Waals surface area contributed by atoms with Gasteiger partial charge in [-0.1, -0.05) is 0 Å². The summed E-state index contributed by atoms with van der Waals surface area (Å²) >= 11 is 0. The van der Waals surface area contributed by atoms with E-state index in [1.54, 1.807) is 23.4 Å². The Hall–Kier alpha value is -2.61. The number of hydrogen-bond acceptors (Lipinski definition) is 5. The zero-order chi connectivity index (χ0) is 16.9. The number of nitrogens with zero attached hydrogens (tertiary/aromatic N) is 5. The molecule has 2 aromatic rings. The Bertz CT molecular complexity index is 698.